The molecule has 0 aliphatic heterocycles. The van der Waals surface area contributed by atoms with Crippen molar-refractivity contribution in [1.82, 2.24) is 0 Å². The van der Waals surface area contributed by atoms with Gasteiger partial charge in [0.15, 0.2) is 5.75 Å². The molecule has 0 unspecified atom stereocenters. The summed E-state index contributed by atoms with van der Waals surface area (Å²) >= 11 is 12.4. The van der Waals surface area contributed by atoms with Crippen molar-refractivity contribution in [2.75, 3.05) is 6.61 Å². The number of halogens is 3. The molecule has 0 spiro atoms. The first-order valence-electron chi connectivity index (χ1n) is 8.11. The van der Waals surface area contributed by atoms with Crippen LogP contribution < -0.4 is 9.47 Å². The summed E-state index contributed by atoms with van der Waals surface area (Å²) in [6.07, 6.45) is 4.29. The number of carbonyl (C=O) groups is 1. The summed E-state index contributed by atoms with van der Waals surface area (Å²) in [4.78, 5) is 12.2. The molecule has 3 nitrogen and oxygen atoms in total. The quantitative estimate of drug-likeness (QED) is 0.303. The third kappa shape index (κ3) is 5.91. The van der Waals surface area contributed by atoms with E-state index >= 15 is 0 Å². The van der Waals surface area contributed by atoms with E-state index in [1.54, 1.807) is 0 Å². The second-order valence-corrected chi connectivity index (χ2v) is 6.34. The largest absolute Gasteiger partial charge is 0.490 e. The molecule has 2 aromatic rings. The summed E-state index contributed by atoms with van der Waals surface area (Å²) in [6.45, 7) is 2.65. The number of carbonyl (C=O) groups excluding carboxylic acids is 1. The lowest BCUT2D eigenvalue weighted by atomic mass is 10.2. The summed E-state index contributed by atoms with van der Waals surface area (Å²) < 4.78 is 23.7. The zero-order valence-electron chi connectivity index (χ0n) is 13.9. The minimum Gasteiger partial charge on any atom is -0.490 e. The van der Waals surface area contributed by atoms with E-state index < -0.39 is 11.8 Å². The van der Waals surface area contributed by atoms with Crippen molar-refractivity contribution < 1.29 is 18.7 Å². The molecule has 0 atom stereocenters. The van der Waals surface area contributed by atoms with Crippen LogP contribution in [0.4, 0.5) is 4.39 Å². The third-order valence-corrected chi connectivity index (χ3v) is 4.06. The lowest BCUT2D eigenvalue weighted by Crippen LogP contribution is -2.09. The lowest BCUT2D eigenvalue weighted by Gasteiger charge is -2.11. The van der Waals surface area contributed by atoms with Gasteiger partial charge in [-0.05, 0) is 42.8 Å². The van der Waals surface area contributed by atoms with Crippen LogP contribution in [0.2, 0.25) is 10.0 Å². The van der Waals surface area contributed by atoms with Crippen molar-refractivity contribution in [3.63, 3.8) is 0 Å². The molecule has 0 amide bonds. The van der Waals surface area contributed by atoms with E-state index in [1.165, 1.54) is 36.4 Å². The van der Waals surface area contributed by atoms with Crippen LogP contribution in [0.5, 0.6) is 11.5 Å². The van der Waals surface area contributed by atoms with Gasteiger partial charge in [0.05, 0.1) is 22.2 Å². The normalized spacial score (nSPS) is 10.6. The average Bonchev–Trinajstić information content (AvgIpc) is 2.58. The first-order chi connectivity index (χ1) is 12.0. The molecule has 0 radical (unpaired) electrons. The lowest BCUT2D eigenvalue weighted by molar-refractivity contribution is 0.0734. The Kier molecular flexibility index (Phi) is 7.53. The number of hydrogen-bond donors (Lipinski definition) is 0. The molecule has 2 aromatic carbocycles. The van der Waals surface area contributed by atoms with Crippen molar-refractivity contribution in [3.05, 3.63) is 57.8 Å². The number of rotatable bonds is 8. The van der Waals surface area contributed by atoms with Gasteiger partial charge in [-0.25, -0.2) is 9.18 Å². The molecule has 25 heavy (non-hydrogen) atoms. The van der Waals surface area contributed by atoms with Gasteiger partial charge in [0.25, 0.3) is 0 Å². The Balaban J connectivity index is 2.02. The van der Waals surface area contributed by atoms with Crippen molar-refractivity contribution >= 4 is 29.2 Å². The standard InChI is InChI=1S/C19H19Cl2FO3/c1-2-3-4-5-10-24-18-16(20)11-13(12-17(18)21)19(23)25-15-8-6-14(22)7-9-15/h6-9,11-12H,2-5,10H2,1H3. The molecule has 0 saturated carbocycles. The van der Waals surface area contributed by atoms with Crippen molar-refractivity contribution in [3.8, 4) is 11.5 Å². The van der Waals surface area contributed by atoms with Gasteiger partial charge in [-0.3, -0.25) is 0 Å². The highest BCUT2D eigenvalue weighted by molar-refractivity contribution is 6.37. The zero-order chi connectivity index (χ0) is 18.2. The van der Waals surface area contributed by atoms with Gasteiger partial charge in [-0.2, -0.15) is 0 Å². The Morgan fingerprint density at radius 3 is 2.28 bits per heavy atom. The molecular weight excluding hydrogens is 366 g/mol. The Bertz CT molecular complexity index is 694. The minimum atomic E-state index is -0.634. The smallest absolute Gasteiger partial charge is 0.343 e. The Hall–Kier alpha value is -1.78. The predicted octanol–water partition coefficient (Wildman–Crippen LogP) is 6.31. The van der Waals surface area contributed by atoms with E-state index in [2.05, 4.69) is 6.92 Å². The fourth-order valence-electron chi connectivity index (χ4n) is 2.19. The monoisotopic (exact) mass is 384 g/mol. The fourth-order valence-corrected chi connectivity index (χ4v) is 2.78. The maximum atomic E-state index is 12.9. The van der Waals surface area contributed by atoms with Crippen molar-refractivity contribution in [2.24, 2.45) is 0 Å². The summed E-state index contributed by atoms with van der Waals surface area (Å²) in [5, 5.41) is 0.489. The van der Waals surface area contributed by atoms with E-state index in [0.29, 0.717) is 12.4 Å². The number of esters is 1. The molecule has 0 aliphatic rings. The Labute approximate surface area is 156 Å². The van der Waals surface area contributed by atoms with Gasteiger partial charge in [0.2, 0.25) is 0 Å². The van der Waals surface area contributed by atoms with Crippen LogP contribution in [-0.2, 0) is 0 Å². The Morgan fingerprint density at radius 2 is 1.68 bits per heavy atom. The molecule has 0 aliphatic carbocycles. The molecule has 0 heterocycles. The highest BCUT2D eigenvalue weighted by Gasteiger charge is 2.16. The van der Waals surface area contributed by atoms with Crippen LogP contribution in [0.25, 0.3) is 0 Å². The highest BCUT2D eigenvalue weighted by atomic mass is 35.5. The van der Waals surface area contributed by atoms with Crippen molar-refractivity contribution in [1.29, 1.82) is 0 Å². The first kappa shape index (κ1) is 19.5. The predicted molar refractivity (Wildman–Crippen MR) is 97.5 cm³/mol. The number of unbranched alkanes of at least 4 members (excludes halogenated alkanes) is 3. The number of benzene rings is 2. The topological polar surface area (TPSA) is 35.5 Å². The van der Waals surface area contributed by atoms with Gasteiger partial charge in [-0.1, -0.05) is 49.4 Å². The van der Waals surface area contributed by atoms with Crippen LogP contribution in [0, 0.1) is 5.82 Å². The summed E-state index contributed by atoms with van der Waals surface area (Å²) in [6, 6.07) is 8.03. The number of ether oxygens (including phenoxy) is 2. The third-order valence-electron chi connectivity index (χ3n) is 3.50. The van der Waals surface area contributed by atoms with Gasteiger partial charge >= 0.3 is 5.97 Å². The molecule has 0 N–H and O–H groups in total. The van der Waals surface area contributed by atoms with Crippen LogP contribution in [-0.4, -0.2) is 12.6 Å². The summed E-state index contributed by atoms with van der Waals surface area (Å²) in [5.74, 6) is -0.454. The van der Waals surface area contributed by atoms with Crippen LogP contribution >= 0.6 is 23.2 Å². The van der Waals surface area contributed by atoms with E-state index in [4.69, 9.17) is 32.7 Å². The second-order valence-electron chi connectivity index (χ2n) is 5.52. The van der Waals surface area contributed by atoms with E-state index in [-0.39, 0.29) is 21.4 Å². The molecule has 134 valence electrons. The highest BCUT2D eigenvalue weighted by Crippen LogP contribution is 2.34. The summed E-state index contributed by atoms with van der Waals surface area (Å²) in [5.41, 5.74) is 0.192. The maximum absolute atomic E-state index is 12.9. The van der Waals surface area contributed by atoms with E-state index in [1.807, 2.05) is 0 Å². The van der Waals surface area contributed by atoms with Gasteiger partial charge in [0, 0.05) is 0 Å². The van der Waals surface area contributed by atoms with Gasteiger partial charge in [-0.15, -0.1) is 0 Å². The molecular formula is C19H19Cl2FO3. The van der Waals surface area contributed by atoms with Crippen molar-refractivity contribution in [2.45, 2.75) is 32.6 Å². The van der Waals surface area contributed by atoms with Crippen LogP contribution in [0.15, 0.2) is 36.4 Å². The van der Waals surface area contributed by atoms with E-state index in [0.717, 1.165) is 25.7 Å². The zero-order valence-corrected chi connectivity index (χ0v) is 15.4. The average molecular weight is 385 g/mol. The molecule has 0 saturated heterocycles. The fraction of sp³-hybridized carbons (Fsp3) is 0.316. The van der Waals surface area contributed by atoms with Crippen LogP contribution in [0.3, 0.4) is 0 Å². The van der Waals surface area contributed by atoms with Gasteiger partial charge in [0.1, 0.15) is 11.6 Å². The SMILES string of the molecule is CCCCCCOc1c(Cl)cc(C(=O)Oc2ccc(F)cc2)cc1Cl. The minimum absolute atomic E-state index is 0.192. The molecule has 0 bridgehead atoms. The molecule has 6 heteroatoms. The molecule has 0 fully saturated rings. The van der Waals surface area contributed by atoms with Gasteiger partial charge < -0.3 is 9.47 Å². The van der Waals surface area contributed by atoms with Crippen LogP contribution in [0.1, 0.15) is 43.0 Å². The second kappa shape index (κ2) is 9.64. The molecule has 0 aromatic heterocycles. The van der Waals surface area contributed by atoms with E-state index in [9.17, 15) is 9.18 Å². The maximum Gasteiger partial charge on any atom is 0.343 e. The first-order valence-corrected chi connectivity index (χ1v) is 8.86. The Morgan fingerprint density at radius 1 is 1.04 bits per heavy atom. The molecule has 2 rings (SSSR count). The number of hydrogen-bond acceptors (Lipinski definition) is 3. The summed E-state index contributed by atoms with van der Waals surface area (Å²) in [7, 11) is 0.